The predicted octanol–water partition coefficient (Wildman–Crippen LogP) is 7.23. The number of fused-ring (bicyclic) bond motifs is 1. The number of benzene rings is 2. The van der Waals surface area contributed by atoms with Crippen molar-refractivity contribution >= 4 is 39.1 Å². The second-order valence-corrected chi connectivity index (χ2v) is 8.90. The Kier molecular flexibility index (Phi) is 5.62. The van der Waals surface area contributed by atoms with Crippen LogP contribution < -0.4 is 4.90 Å². The van der Waals surface area contributed by atoms with Crippen molar-refractivity contribution in [2.24, 2.45) is 4.99 Å². The number of nitrogens with zero attached hydrogens (tertiary/aromatic N) is 2. The van der Waals surface area contributed by atoms with Crippen LogP contribution in [0.4, 0.5) is 11.4 Å². The van der Waals surface area contributed by atoms with E-state index >= 15 is 0 Å². The number of hydrogen-bond donors (Lipinski definition) is 0. The predicted molar refractivity (Wildman–Crippen MR) is 123 cm³/mol. The Balaban J connectivity index is 2.02. The molecule has 0 saturated carbocycles. The van der Waals surface area contributed by atoms with E-state index in [2.05, 4.69) is 92.7 Å². The Labute approximate surface area is 172 Å². The van der Waals surface area contributed by atoms with Crippen molar-refractivity contribution in [1.29, 1.82) is 0 Å². The van der Waals surface area contributed by atoms with Crippen molar-refractivity contribution in [3.05, 3.63) is 63.1 Å². The van der Waals surface area contributed by atoms with E-state index in [0.29, 0.717) is 0 Å². The summed E-state index contributed by atoms with van der Waals surface area (Å²) < 4.78 is 1.12. The van der Waals surface area contributed by atoms with E-state index in [4.69, 9.17) is 4.99 Å². The van der Waals surface area contributed by atoms with Crippen LogP contribution in [-0.4, -0.2) is 18.3 Å². The molecule has 0 atom stereocenters. The molecule has 27 heavy (non-hydrogen) atoms. The van der Waals surface area contributed by atoms with E-state index in [1.165, 1.54) is 33.5 Å². The van der Waals surface area contributed by atoms with Crippen LogP contribution in [0, 0.1) is 13.8 Å². The van der Waals surface area contributed by atoms with Crippen LogP contribution in [0.5, 0.6) is 0 Å². The quantitative estimate of drug-likeness (QED) is 0.472. The fourth-order valence-corrected chi connectivity index (χ4v) is 4.12. The van der Waals surface area contributed by atoms with Crippen LogP contribution in [0.3, 0.4) is 0 Å². The molecule has 1 aliphatic heterocycles. The van der Waals surface area contributed by atoms with Gasteiger partial charge in [0, 0.05) is 28.5 Å². The lowest BCUT2D eigenvalue weighted by Gasteiger charge is -2.43. The zero-order valence-electron chi connectivity index (χ0n) is 17.2. The minimum Gasteiger partial charge on any atom is -0.362 e. The molecule has 0 aliphatic carbocycles. The zero-order valence-corrected chi connectivity index (χ0v) is 18.8. The van der Waals surface area contributed by atoms with Crippen molar-refractivity contribution in [3.63, 3.8) is 0 Å². The van der Waals surface area contributed by atoms with Gasteiger partial charge in [-0.05, 0) is 93.6 Å². The Bertz CT molecular complexity index is 922. The molecule has 0 saturated heterocycles. The third-order valence-corrected chi connectivity index (χ3v) is 6.20. The van der Waals surface area contributed by atoms with Gasteiger partial charge in [-0.15, -0.1) is 0 Å². The highest BCUT2D eigenvalue weighted by Crippen LogP contribution is 2.40. The SMILES string of the molecule is CCCN1c2cc(C)c(C=Nc3ccc(Br)c(C)c3)cc2C(C)=CC1(C)C. The minimum absolute atomic E-state index is 0.0457. The molecule has 0 fully saturated rings. The standard InChI is InChI=1S/C24H29BrN2/c1-7-10-27-23-12-16(2)19(13-21(23)18(4)14-24(27,5)6)15-26-20-8-9-22(25)17(3)11-20/h8-9,11-15H,7,10H2,1-6H3. The summed E-state index contributed by atoms with van der Waals surface area (Å²) in [6, 6.07) is 10.8. The average Bonchev–Trinajstić information content (AvgIpc) is 2.59. The van der Waals surface area contributed by atoms with Gasteiger partial charge in [0.05, 0.1) is 11.2 Å². The van der Waals surface area contributed by atoms with Crippen molar-refractivity contribution in [3.8, 4) is 0 Å². The smallest absolute Gasteiger partial charge is 0.0633 e. The first-order chi connectivity index (χ1) is 12.7. The van der Waals surface area contributed by atoms with Crippen LogP contribution in [0.25, 0.3) is 5.57 Å². The summed E-state index contributed by atoms with van der Waals surface area (Å²) in [7, 11) is 0. The van der Waals surface area contributed by atoms with Gasteiger partial charge in [-0.1, -0.05) is 28.9 Å². The maximum Gasteiger partial charge on any atom is 0.0633 e. The van der Waals surface area contributed by atoms with Gasteiger partial charge in [-0.25, -0.2) is 0 Å². The number of allylic oxidation sites excluding steroid dienone is 1. The highest BCUT2D eigenvalue weighted by atomic mass is 79.9. The van der Waals surface area contributed by atoms with Crippen LogP contribution in [0.2, 0.25) is 0 Å². The Morgan fingerprint density at radius 3 is 2.48 bits per heavy atom. The van der Waals surface area contributed by atoms with Crippen LogP contribution in [-0.2, 0) is 0 Å². The molecule has 3 rings (SSSR count). The molecule has 2 nitrogen and oxygen atoms in total. The van der Waals surface area contributed by atoms with E-state index in [1.54, 1.807) is 0 Å². The molecule has 0 N–H and O–H groups in total. The summed E-state index contributed by atoms with van der Waals surface area (Å²) in [4.78, 5) is 7.25. The Morgan fingerprint density at radius 1 is 1.07 bits per heavy atom. The lowest BCUT2D eigenvalue weighted by molar-refractivity contribution is 0.550. The number of aryl methyl sites for hydroxylation is 2. The van der Waals surface area contributed by atoms with Crippen molar-refractivity contribution in [1.82, 2.24) is 0 Å². The number of rotatable bonds is 4. The number of anilines is 1. The van der Waals surface area contributed by atoms with Gasteiger partial charge in [-0.2, -0.15) is 0 Å². The van der Waals surface area contributed by atoms with Crippen molar-refractivity contribution < 1.29 is 0 Å². The Morgan fingerprint density at radius 2 is 1.81 bits per heavy atom. The first-order valence-electron chi connectivity index (χ1n) is 9.65. The molecule has 0 unspecified atom stereocenters. The van der Waals surface area contributed by atoms with Gasteiger partial charge >= 0.3 is 0 Å². The topological polar surface area (TPSA) is 15.6 Å². The molecule has 1 aliphatic rings. The van der Waals surface area contributed by atoms with Gasteiger partial charge in [0.15, 0.2) is 0 Å². The monoisotopic (exact) mass is 424 g/mol. The second kappa shape index (κ2) is 7.63. The highest BCUT2D eigenvalue weighted by molar-refractivity contribution is 9.10. The molecule has 3 heteroatoms. The molecule has 0 spiro atoms. The average molecular weight is 425 g/mol. The molecular formula is C24H29BrN2. The van der Waals surface area contributed by atoms with Crippen molar-refractivity contribution in [2.75, 3.05) is 11.4 Å². The molecular weight excluding hydrogens is 396 g/mol. The van der Waals surface area contributed by atoms with E-state index in [9.17, 15) is 0 Å². The van der Waals surface area contributed by atoms with E-state index in [0.717, 1.165) is 23.1 Å². The van der Waals surface area contributed by atoms with Crippen LogP contribution >= 0.6 is 15.9 Å². The first-order valence-corrected chi connectivity index (χ1v) is 10.4. The maximum atomic E-state index is 4.72. The first kappa shape index (κ1) is 19.9. The largest absolute Gasteiger partial charge is 0.362 e. The normalized spacial score (nSPS) is 15.8. The van der Waals surface area contributed by atoms with Gasteiger partial charge in [0.25, 0.3) is 0 Å². The fourth-order valence-electron chi connectivity index (χ4n) is 3.87. The van der Waals surface area contributed by atoms with E-state index < -0.39 is 0 Å². The molecule has 0 amide bonds. The Hall–Kier alpha value is -1.87. The summed E-state index contributed by atoms with van der Waals surface area (Å²) in [6.45, 7) is 14.4. The van der Waals surface area contributed by atoms with Crippen LogP contribution in [0.1, 0.15) is 56.4 Å². The van der Waals surface area contributed by atoms with E-state index in [1.807, 2.05) is 12.3 Å². The summed E-state index contributed by atoms with van der Waals surface area (Å²) in [6.07, 6.45) is 5.52. The van der Waals surface area contributed by atoms with Crippen LogP contribution in [0.15, 0.2) is 45.9 Å². The van der Waals surface area contributed by atoms with Crippen molar-refractivity contribution in [2.45, 2.75) is 53.5 Å². The summed E-state index contributed by atoms with van der Waals surface area (Å²) in [5.41, 5.74) is 8.67. The number of hydrogen-bond acceptors (Lipinski definition) is 2. The summed E-state index contributed by atoms with van der Waals surface area (Å²) >= 11 is 3.55. The molecule has 0 bridgehead atoms. The highest BCUT2D eigenvalue weighted by Gasteiger charge is 2.30. The molecule has 2 aromatic rings. The van der Waals surface area contributed by atoms with Gasteiger partial charge in [0.2, 0.25) is 0 Å². The summed E-state index contributed by atoms with van der Waals surface area (Å²) in [5, 5.41) is 0. The second-order valence-electron chi connectivity index (χ2n) is 8.05. The summed E-state index contributed by atoms with van der Waals surface area (Å²) in [5.74, 6) is 0. The minimum atomic E-state index is 0.0457. The van der Waals surface area contributed by atoms with E-state index in [-0.39, 0.29) is 5.54 Å². The maximum absolute atomic E-state index is 4.72. The van der Waals surface area contributed by atoms with Gasteiger partial charge in [-0.3, -0.25) is 4.99 Å². The number of aliphatic imine (C=N–C) groups is 1. The number of halogens is 1. The molecule has 142 valence electrons. The molecule has 0 radical (unpaired) electrons. The lowest BCUT2D eigenvalue weighted by Crippen LogP contribution is -2.45. The molecule has 2 aromatic carbocycles. The third-order valence-electron chi connectivity index (χ3n) is 5.31. The molecule has 1 heterocycles. The molecule has 0 aromatic heterocycles. The fraction of sp³-hybridized carbons (Fsp3) is 0.375. The zero-order chi connectivity index (χ0) is 19.8. The lowest BCUT2D eigenvalue weighted by atomic mass is 9.87. The third kappa shape index (κ3) is 4.03. The van der Waals surface area contributed by atoms with Gasteiger partial charge < -0.3 is 4.90 Å². The van der Waals surface area contributed by atoms with Gasteiger partial charge in [0.1, 0.15) is 0 Å².